The molecule has 0 unspecified atom stereocenters. The number of benzene rings is 3. The molecule has 5 heteroatoms. The predicted octanol–water partition coefficient (Wildman–Crippen LogP) is 8.51. The molecule has 3 aromatic rings. The molecule has 0 atom stereocenters. The van der Waals surface area contributed by atoms with Crippen molar-refractivity contribution in [2.24, 2.45) is 0 Å². The van der Waals surface area contributed by atoms with Gasteiger partial charge in [0, 0.05) is 49.8 Å². The second-order valence-electron chi connectivity index (χ2n) is 12.7. The Morgan fingerprint density at radius 2 is 1.37 bits per heavy atom. The Hall–Kier alpha value is -3.02. The van der Waals surface area contributed by atoms with Gasteiger partial charge in [-0.2, -0.15) is 0 Å². The summed E-state index contributed by atoms with van der Waals surface area (Å²) in [5.41, 5.74) is 5.97. The third-order valence-corrected chi connectivity index (χ3v) is 8.32. The van der Waals surface area contributed by atoms with Crippen LogP contribution in [0.4, 0.5) is 8.78 Å². The molecule has 0 radical (unpaired) electrons. The fourth-order valence-corrected chi connectivity index (χ4v) is 5.89. The highest BCUT2D eigenvalue weighted by atomic mass is 19.1. The van der Waals surface area contributed by atoms with Crippen LogP contribution >= 0.6 is 0 Å². The molecule has 0 amide bonds. The highest BCUT2D eigenvalue weighted by Gasteiger charge is 2.23. The maximum Gasteiger partial charge on any atom is 0.126 e. The average Bonchev–Trinajstić information content (AvgIpc) is 2.93. The quantitative estimate of drug-likeness (QED) is 0.238. The van der Waals surface area contributed by atoms with Crippen LogP contribution in [0.1, 0.15) is 87.1 Å². The normalized spacial score (nSPS) is 15.0. The van der Waals surface area contributed by atoms with Gasteiger partial charge in [-0.25, -0.2) is 8.78 Å². The second-order valence-corrected chi connectivity index (χ2v) is 12.7. The molecule has 1 N–H and O–H groups in total. The van der Waals surface area contributed by atoms with Gasteiger partial charge in [0.15, 0.2) is 0 Å². The van der Waals surface area contributed by atoms with Crippen LogP contribution in [0, 0.1) is 11.6 Å². The third-order valence-electron chi connectivity index (χ3n) is 8.32. The maximum absolute atomic E-state index is 13.5. The van der Waals surface area contributed by atoms with Crippen LogP contribution in [-0.2, 0) is 12.0 Å². The zero-order valence-corrected chi connectivity index (χ0v) is 25.2. The van der Waals surface area contributed by atoms with Crippen molar-refractivity contribution in [3.05, 3.63) is 107 Å². The van der Waals surface area contributed by atoms with E-state index in [1.807, 2.05) is 31.2 Å². The summed E-state index contributed by atoms with van der Waals surface area (Å²) in [6.07, 6.45) is 4.31. The monoisotopic (exact) mass is 560 g/mol. The highest BCUT2D eigenvalue weighted by Crippen LogP contribution is 2.37. The van der Waals surface area contributed by atoms with Crippen LogP contribution in [0.2, 0.25) is 0 Å². The van der Waals surface area contributed by atoms with Crippen LogP contribution < -0.4 is 0 Å². The van der Waals surface area contributed by atoms with E-state index in [9.17, 15) is 13.9 Å². The minimum absolute atomic E-state index is 0.138. The first kappa shape index (κ1) is 30.9. The number of allylic oxidation sites excluding steroid dienone is 1. The second kappa shape index (κ2) is 13.8. The van der Waals surface area contributed by atoms with E-state index in [0.29, 0.717) is 5.75 Å². The van der Waals surface area contributed by atoms with E-state index >= 15 is 0 Å². The lowest BCUT2D eigenvalue weighted by molar-refractivity contribution is 0.125. The molecular weight excluding hydrogens is 514 g/mol. The van der Waals surface area contributed by atoms with E-state index in [1.54, 1.807) is 0 Å². The van der Waals surface area contributed by atoms with Gasteiger partial charge in [-0.3, -0.25) is 4.90 Å². The van der Waals surface area contributed by atoms with Crippen molar-refractivity contribution in [1.82, 2.24) is 9.80 Å². The van der Waals surface area contributed by atoms with E-state index in [0.717, 1.165) is 92.8 Å². The Bertz CT molecular complexity index is 1240. The van der Waals surface area contributed by atoms with E-state index in [-0.39, 0.29) is 23.0 Å². The molecule has 0 aliphatic carbocycles. The van der Waals surface area contributed by atoms with Gasteiger partial charge >= 0.3 is 0 Å². The molecule has 1 fully saturated rings. The summed E-state index contributed by atoms with van der Waals surface area (Å²) in [5, 5.41) is 10.8. The Kier molecular flexibility index (Phi) is 10.4. The number of aromatic hydroxyl groups is 1. The van der Waals surface area contributed by atoms with Crippen LogP contribution in [0.5, 0.6) is 5.75 Å². The number of hydrogen-bond donors (Lipinski definition) is 1. The van der Waals surface area contributed by atoms with Gasteiger partial charge in [-0.1, -0.05) is 70.5 Å². The van der Waals surface area contributed by atoms with Gasteiger partial charge in [0.1, 0.15) is 17.4 Å². The van der Waals surface area contributed by atoms with E-state index in [1.165, 1.54) is 29.8 Å². The van der Waals surface area contributed by atoms with Crippen molar-refractivity contribution in [3.63, 3.8) is 0 Å². The first-order valence-electron chi connectivity index (χ1n) is 15.0. The van der Waals surface area contributed by atoms with Crippen molar-refractivity contribution in [1.29, 1.82) is 0 Å². The number of piperazine rings is 1. The number of nitrogens with zero attached hydrogens (tertiary/aromatic N) is 2. The van der Waals surface area contributed by atoms with Crippen molar-refractivity contribution < 1.29 is 13.9 Å². The molecule has 41 heavy (non-hydrogen) atoms. The minimum Gasteiger partial charge on any atom is -0.507 e. The molecule has 0 bridgehead atoms. The van der Waals surface area contributed by atoms with Crippen molar-refractivity contribution in [2.45, 2.75) is 71.3 Å². The summed E-state index contributed by atoms with van der Waals surface area (Å²) in [4.78, 5) is 5.07. The first-order valence-corrected chi connectivity index (χ1v) is 15.0. The SMILES string of the molecule is C=C(C)c1cc(CN2CCN(CCCCCC(c3ccc(F)cc3)c3ccc(F)cc3)CC2)cc(C(C)(C)C)c1O. The molecule has 1 aliphatic rings. The van der Waals surface area contributed by atoms with Gasteiger partial charge in [0.25, 0.3) is 0 Å². The molecule has 3 nitrogen and oxygen atoms in total. The molecular formula is C36H46F2N2O. The van der Waals surface area contributed by atoms with Gasteiger partial charge in [0.05, 0.1) is 0 Å². The summed E-state index contributed by atoms with van der Waals surface area (Å²) < 4.78 is 27.0. The average molecular weight is 561 g/mol. The first-order chi connectivity index (χ1) is 19.5. The molecule has 1 heterocycles. The summed E-state index contributed by atoms with van der Waals surface area (Å²) in [5.74, 6) is 0.0335. The molecule has 0 saturated carbocycles. The number of rotatable bonds is 11. The lowest BCUT2D eigenvalue weighted by atomic mass is 9.83. The van der Waals surface area contributed by atoms with Crippen molar-refractivity contribution in [2.75, 3.05) is 32.7 Å². The summed E-state index contributed by atoms with van der Waals surface area (Å²) >= 11 is 0. The molecule has 0 spiro atoms. The third kappa shape index (κ3) is 8.50. The minimum atomic E-state index is -0.235. The predicted molar refractivity (Wildman–Crippen MR) is 166 cm³/mol. The standard InChI is InChI=1S/C36H46F2N2O/c1-26(2)33-23-27(24-34(35(33)41)36(3,4)5)25-40-21-19-39(20-22-40)18-8-6-7-9-32(28-10-14-30(37)15-11-28)29-12-16-31(38)17-13-29/h10-17,23-24,32,41H,1,6-9,18-22,25H2,2-5H3. The lowest BCUT2D eigenvalue weighted by Gasteiger charge is -2.35. The van der Waals surface area contributed by atoms with Gasteiger partial charge in [-0.15, -0.1) is 0 Å². The number of phenols is 1. The lowest BCUT2D eigenvalue weighted by Crippen LogP contribution is -2.46. The smallest absolute Gasteiger partial charge is 0.126 e. The van der Waals surface area contributed by atoms with E-state index in [4.69, 9.17) is 0 Å². The topological polar surface area (TPSA) is 26.7 Å². The molecule has 1 saturated heterocycles. The van der Waals surface area contributed by atoms with Crippen LogP contribution in [0.3, 0.4) is 0 Å². The number of hydrogen-bond acceptors (Lipinski definition) is 3. The number of phenolic OH excluding ortho intramolecular Hbond substituents is 1. The largest absolute Gasteiger partial charge is 0.507 e. The van der Waals surface area contributed by atoms with Gasteiger partial charge in [-0.05, 0) is 84.3 Å². The van der Waals surface area contributed by atoms with E-state index < -0.39 is 0 Å². The van der Waals surface area contributed by atoms with Crippen molar-refractivity contribution in [3.8, 4) is 5.75 Å². The van der Waals surface area contributed by atoms with Crippen LogP contribution in [0.15, 0.2) is 67.2 Å². The number of unbranched alkanes of at least 4 members (excludes halogenated alkanes) is 2. The maximum atomic E-state index is 13.5. The zero-order valence-electron chi connectivity index (χ0n) is 25.2. The molecule has 0 aromatic heterocycles. The molecule has 1 aliphatic heterocycles. The zero-order chi connectivity index (χ0) is 29.6. The highest BCUT2D eigenvalue weighted by molar-refractivity contribution is 5.70. The molecule has 220 valence electrons. The Morgan fingerprint density at radius 3 is 1.88 bits per heavy atom. The van der Waals surface area contributed by atoms with Gasteiger partial charge in [0.2, 0.25) is 0 Å². The summed E-state index contributed by atoms with van der Waals surface area (Å²) in [6, 6.07) is 17.7. The summed E-state index contributed by atoms with van der Waals surface area (Å²) in [6.45, 7) is 18.6. The van der Waals surface area contributed by atoms with Crippen LogP contribution in [0.25, 0.3) is 5.57 Å². The molecule has 3 aromatic carbocycles. The fourth-order valence-electron chi connectivity index (χ4n) is 5.89. The molecule has 4 rings (SSSR count). The van der Waals surface area contributed by atoms with Crippen molar-refractivity contribution >= 4 is 5.57 Å². The Labute approximate surface area is 245 Å². The van der Waals surface area contributed by atoms with Crippen LogP contribution in [-0.4, -0.2) is 47.6 Å². The van der Waals surface area contributed by atoms with E-state index in [2.05, 4.69) is 49.3 Å². The Balaban J connectivity index is 1.25. The number of halogens is 2. The van der Waals surface area contributed by atoms with Gasteiger partial charge < -0.3 is 10.0 Å². The fraction of sp³-hybridized carbons (Fsp3) is 0.444. The Morgan fingerprint density at radius 1 is 0.829 bits per heavy atom. The summed E-state index contributed by atoms with van der Waals surface area (Å²) in [7, 11) is 0.